The van der Waals surface area contributed by atoms with Crippen molar-refractivity contribution in [1.29, 1.82) is 0 Å². The summed E-state index contributed by atoms with van der Waals surface area (Å²) in [6.45, 7) is 1.98. The predicted molar refractivity (Wildman–Crippen MR) is 28.9 cm³/mol. The number of rotatable bonds is 1. The zero-order chi connectivity index (χ0) is 4.28. The minimum Gasteiger partial charge on any atom is -0.456 e. The third kappa shape index (κ3) is 4.13. The Morgan fingerprint density at radius 2 is 2.20 bits per heavy atom. The SMILES string of the molecule is C=[P+]([NH-])CC. The first-order chi connectivity index (χ1) is 2.27. The van der Waals surface area contributed by atoms with Crippen molar-refractivity contribution in [3.8, 4) is 0 Å². The van der Waals surface area contributed by atoms with Crippen LogP contribution in [0.3, 0.4) is 0 Å². The van der Waals surface area contributed by atoms with Crippen LogP contribution in [0, 0.1) is 0 Å². The average Bonchev–Trinajstić information content (AvgIpc) is 1.38. The van der Waals surface area contributed by atoms with Crippen molar-refractivity contribution in [3.63, 3.8) is 0 Å². The molecule has 0 aromatic heterocycles. The number of hydrogen-bond donors (Lipinski definition) is 0. The van der Waals surface area contributed by atoms with Crippen molar-refractivity contribution in [1.82, 2.24) is 0 Å². The van der Waals surface area contributed by atoms with Crippen molar-refractivity contribution in [3.05, 3.63) is 5.50 Å². The summed E-state index contributed by atoms with van der Waals surface area (Å²) < 4.78 is 0. The Labute approximate surface area is 33.6 Å². The number of hydrogen-bond acceptors (Lipinski definition) is 0. The van der Waals surface area contributed by atoms with Crippen LogP contribution in [0.25, 0.3) is 5.50 Å². The molecule has 0 aliphatic rings. The fourth-order valence-corrected chi connectivity index (χ4v) is 0. The normalized spacial score (nSPS) is 11.2. The van der Waals surface area contributed by atoms with Gasteiger partial charge >= 0.3 is 0 Å². The molecule has 0 bridgehead atoms. The van der Waals surface area contributed by atoms with Gasteiger partial charge in [0.1, 0.15) is 0 Å². The van der Waals surface area contributed by atoms with Crippen LogP contribution in [-0.4, -0.2) is 12.5 Å². The summed E-state index contributed by atoms with van der Waals surface area (Å²) in [5.74, 6) is 0. The molecule has 0 rings (SSSR count). The summed E-state index contributed by atoms with van der Waals surface area (Å²) in [5, 5.41) is 0. The molecular formula is C3H8NP. The molecule has 0 radical (unpaired) electrons. The largest absolute Gasteiger partial charge is 0.456 e. The van der Waals surface area contributed by atoms with Gasteiger partial charge in [-0.3, -0.25) is 0 Å². The molecule has 0 saturated heterocycles. The molecule has 1 atom stereocenters. The van der Waals surface area contributed by atoms with Gasteiger partial charge in [-0.15, -0.1) is 0 Å². The van der Waals surface area contributed by atoms with Crippen molar-refractivity contribution < 1.29 is 0 Å². The minimum atomic E-state index is -0.598. The second-order valence-corrected chi connectivity index (χ2v) is 2.57. The van der Waals surface area contributed by atoms with Gasteiger partial charge in [0.05, 0.1) is 12.5 Å². The van der Waals surface area contributed by atoms with Gasteiger partial charge in [-0.25, -0.2) is 0 Å². The van der Waals surface area contributed by atoms with Crippen LogP contribution < -0.4 is 0 Å². The van der Waals surface area contributed by atoms with E-state index in [1.165, 1.54) is 0 Å². The maximum atomic E-state index is 6.78. The predicted octanol–water partition coefficient (Wildman–Crippen LogP) is 1.89. The monoisotopic (exact) mass is 89.0 g/mol. The molecule has 1 N–H and O–H groups in total. The maximum absolute atomic E-state index is 6.78. The van der Waals surface area contributed by atoms with Gasteiger partial charge in [-0.05, 0) is 6.92 Å². The van der Waals surface area contributed by atoms with E-state index in [1.54, 1.807) is 0 Å². The number of nitrogens with one attached hydrogen (secondary N) is 1. The van der Waals surface area contributed by atoms with Gasteiger partial charge in [-0.1, -0.05) is 0 Å². The summed E-state index contributed by atoms with van der Waals surface area (Å²) in [4.78, 5) is 0. The molecule has 0 aliphatic heterocycles. The van der Waals surface area contributed by atoms with Crippen LogP contribution in [0.15, 0.2) is 0 Å². The molecular weight excluding hydrogens is 81.0 g/mol. The molecule has 5 heavy (non-hydrogen) atoms. The lowest BCUT2D eigenvalue weighted by Crippen LogP contribution is -1.51. The van der Waals surface area contributed by atoms with Crippen LogP contribution >= 0.6 is 7.70 Å². The van der Waals surface area contributed by atoms with Crippen molar-refractivity contribution >= 4 is 14.0 Å². The minimum absolute atomic E-state index is 0.598. The lowest BCUT2D eigenvalue weighted by Gasteiger charge is -1.79. The molecule has 30 valence electrons. The van der Waals surface area contributed by atoms with Gasteiger partial charge in [0.25, 0.3) is 0 Å². The maximum Gasteiger partial charge on any atom is 0.0898 e. The summed E-state index contributed by atoms with van der Waals surface area (Å²) in [6, 6.07) is 0. The van der Waals surface area contributed by atoms with Crippen molar-refractivity contribution in [2.24, 2.45) is 0 Å². The van der Waals surface area contributed by atoms with Crippen molar-refractivity contribution in [2.75, 3.05) is 6.16 Å². The summed E-state index contributed by atoms with van der Waals surface area (Å²) in [5.41, 5.74) is 6.78. The Balaban J connectivity index is 2.85. The highest BCUT2D eigenvalue weighted by Gasteiger charge is 1.72. The fourth-order valence-electron chi connectivity index (χ4n) is 0. The van der Waals surface area contributed by atoms with Crippen LogP contribution in [0.2, 0.25) is 0 Å². The highest BCUT2D eigenvalue weighted by molar-refractivity contribution is 7.57. The van der Waals surface area contributed by atoms with Crippen LogP contribution in [0.5, 0.6) is 0 Å². The molecule has 0 spiro atoms. The van der Waals surface area contributed by atoms with E-state index in [-0.39, 0.29) is 0 Å². The van der Waals surface area contributed by atoms with Crippen molar-refractivity contribution in [2.45, 2.75) is 6.92 Å². The summed E-state index contributed by atoms with van der Waals surface area (Å²) in [6.07, 6.45) is 4.41. The molecule has 0 aliphatic carbocycles. The Kier molecular flexibility index (Phi) is 2.43. The standard InChI is InChI=1S/C3H8NP/c1-3-5(2)4/h4H,2-3H2,1H3. The fraction of sp³-hybridized carbons (Fsp3) is 0.667. The van der Waals surface area contributed by atoms with Gasteiger partial charge in [-0.2, -0.15) is 0 Å². The van der Waals surface area contributed by atoms with Gasteiger partial charge in [0, 0.05) is 7.70 Å². The summed E-state index contributed by atoms with van der Waals surface area (Å²) in [7, 11) is -0.598. The Morgan fingerprint density at radius 3 is 2.20 bits per heavy atom. The first-order valence-electron chi connectivity index (χ1n) is 1.56. The van der Waals surface area contributed by atoms with E-state index in [0.29, 0.717) is 0 Å². The highest BCUT2D eigenvalue weighted by Crippen LogP contribution is 2.15. The zero-order valence-electron chi connectivity index (χ0n) is 3.36. The summed E-state index contributed by atoms with van der Waals surface area (Å²) >= 11 is 0. The molecule has 0 saturated carbocycles. The average molecular weight is 89.1 g/mol. The first-order valence-corrected chi connectivity index (χ1v) is 3.28. The topological polar surface area (TPSA) is 23.8 Å². The highest BCUT2D eigenvalue weighted by atomic mass is 31.1. The zero-order valence-corrected chi connectivity index (χ0v) is 4.26. The lowest BCUT2D eigenvalue weighted by atomic mass is 11.0. The lowest BCUT2D eigenvalue weighted by molar-refractivity contribution is 1.52. The van der Waals surface area contributed by atoms with E-state index in [1.807, 2.05) is 6.92 Å². The third-order valence-corrected chi connectivity index (χ3v) is 1.15. The van der Waals surface area contributed by atoms with E-state index in [9.17, 15) is 0 Å². The smallest absolute Gasteiger partial charge is 0.0898 e. The van der Waals surface area contributed by atoms with E-state index in [2.05, 4.69) is 6.30 Å². The Morgan fingerprint density at radius 1 is 2.00 bits per heavy atom. The quantitative estimate of drug-likeness (QED) is 0.438. The van der Waals surface area contributed by atoms with Crippen LogP contribution in [0.4, 0.5) is 0 Å². The second-order valence-electron chi connectivity index (χ2n) is 0.856. The van der Waals surface area contributed by atoms with Crippen LogP contribution in [0.1, 0.15) is 6.92 Å². The molecule has 1 unspecified atom stereocenters. The van der Waals surface area contributed by atoms with E-state index in [4.69, 9.17) is 5.50 Å². The molecule has 1 nitrogen and oxygen atoms in total. The van der Waals surface area contributed by atoms with E-state index >= 15 is 0 Å². The molecule has 0 fully saturated rings. The first kappa shape index (κ1) is 5.13. The second kappa shape index (κ2) is 2.37. The Hall–Kier alpha value is 0.130. The van der Waals surface area contributed by atoms with Gasteiger partial charge in [0.15, 0.2) is 0 Å². The molecule has 2 heteroatoms. The molecule has 0 amide bonds. The Bertz CT molecular complexity index is 42.2. The molecule has 0 heterocycles. The molecule has 0 aromatic carbocycles. The third-order valence-electron chi connectivity index (χ3n) is 0.382. The van der Waals surface area contributed by atoms with E-state index in [0.717, 1.165) is 6.16 Å². The van der Waals surface area contributed by atoms with E-state index < -0.39 is 7.70 Å². The van der Waals surface area contributed by atoms with Gasteiger partial charge < -0.3 is 5.50 Å². The molecule has 0 aromatic rings. The van der Waals surface area contributed by atoms with Crippen LogP contribution in [-0.2, 0) is 0 Å². The van der Waals surface area contributed by atoms with Gasteiger partial charge in [0.2, 0.25) is 0 Å².